The molecule has 37 heavy (non-hydrogen) atoms. The number of hydrogen-bond donors (Lipinski definition) is 1. The van der Waals surface area contributed by atoms with Gasteiger partial charge in [0, 0.05) is 48.7 Å². The fourth-order valence-electron chi connectivity index (χ4n) is 6.80. The number of rotatable bonds is 6. The lowest BCUT2D eigenvalue weighted by Crippen LogP contribution is -2.52. The summed E-state index contributed by atoms with van der Waals surface area (Å²) in [6.07, 6.45) is 12.5. The van der Waals surface area contributed by atoms with Crippen molar-refractivity contribution in [1.29, 1.82) is 0 Å². The van der Waals surface area contributed by atoms with Gasteiger partial charge in [0.15, 0.2) is 5.82 Å². The molecule has 2 aliphatic carbocycles. The highest BCUT2D eigenvalue weighted by Crippen LogP contribution is 2.34. The van der Waals surface area contributed by atoms with Crippen molar-refractivity contribution in [2.45, 2.75) is 82.3 Å². The van der Waals surface area contributed by atoms with Crippen molar-refractivity contribution in [3.05, 3.63) is 46.0 Å². The number of tetrazole rings is 1. The summed E-state index contributed by atoms with van der Waals surface area (Å²) in [5.74, 6) is 1.57. The third-order valence-electron chi connectivity index (χ3n) is 8.86. The number of nitrogens with one attached hydrogen (secondary N) is 1. The van der Waals surface area contributed by atoms with E-state index in [9.17, 15) is 4.79 Å². The molecule has 3 aromatic rings. The van der Waals surface area contributed by atoms with Crippen molar-refractivity contribution < 1.29 is 4.74 Å². The molecule has 6 rings (SSSR count). The van der Waals surface area contributed by atoms with Gasteiger partial charge in [-0.15, -0.1) is 5.10 Å². The predicted molar refractivity (Wildman–Crippen MR) is 143 cm³/mol. The fourth-order valence-corrected chi connectivity index (χ4v) is 6.80. The molecule has 1 aromatic carbocycles. The van der Waals surface area contributed by atoms with E-state index < -0.39 is 0 Å². The van der Waals surface area contributed by atoms with E-state index in [0.29, 0.717) is 17.6 Å². The minimum absolute atomic E-state index is 0.0735. The number of nitrogens with zero attached hydrogens (tertiary/aromatic N) is 6. The molecule has 1 saturated heterocycles. The minimum Gasteiger partial charge on any atom is -0.497 e. The quantitative estimate of drug-likeness (QED) is 0.540. The molecule has 0 spiro atoms. The molecule has 2 aromatic heterocycles. The average Bonchev–Trinajstić information content (AvgIpc) is 3.44. The van der Waals surface area contributed by atoms with Crippen molar-refractivity contribution in [3.63, 3.8) is 0 Å². The van der Waals surface area contributed by atoms with Crippen LogP contribution in [0.3, 0.4) is 0 Å². The Morgan fingerprint density at radius 1 is 0.919 bits per heavy atom. The average molecular weight is 506 g/mol. The van der Waals surface area contributed by atoms with Crippen molar-refractivity contribution in [3.8, 4) is 5.75 Å². The maximum absolute atomic E-state index is 13.6. The van der Waals surface area contributed by atoms with Crippen LogP contribution in [0.2, 0.25) is 0 Å². The van der Waals surface area contributed by atoms with Crippen LogP contribution < -0.4 is 10.3 Å². The number of pyridine rings is 1. The lowest BCUT2D eigenvalue weighted by Gasteiger charge is -2.43. The van der Waals surface area contributed by atoms with Crippen LogP contribution in [0.5, 0.6) is 5.75 Å². The predicted octanol–water partition coefficient (Wildman–Crippen LogP) is 4.07. The van der Waals surface area contributed by atoms with Crippen LogP contribution in [0.25, 0.3) is 10.9 Å². The van der Waals surface area contributed by atoms with Crippen LogP contribution in [0.15, 0.2) is 29.1 Å². The third-order valence-corrected chi connectivity index (χ3v) is 8.86. The first-order valence-corrected chi connectivity index (χ1v) is 14.2. The van der Waals surface area contributed by atoms with Crippen molar-refractivity contribution in [1.82, 2.24) is 35.0 Å². The first-order chi connectivity index (χ1) is 18.2. The zero-order valence-corrected chi connectivity index (χ0v) is 21.9. The highest BCUT2D eigenvalue weighted by molar-refractivity contribution is 5.80. The van der Waals surface area contributed by atoms with Gasteiger partial charge in [0.1, 0.15) is 11.8 Å². The summed E-state index contributed by atoms with van der Waals surface area (Å²) in [6, 6.07) is 8.51. The van der Waals surface area contributed by atoms with Gasteiger partial charge in [-0.25, -0.2) is 4.68 Å². The van der Waals surface area contributed by atoms with Gasteiger partial charge in [0.2, 0.25) is 0 Å². The summed E-state index contributed by atoms with van der Waals surface area (Å²) in [7, 11) is 1.67. The Morgan fingerprint density at radius 3 is 2.32 bits per heavy atom. The smallest absolute Gasteiger partial charge is 0.253 e. The Morgan fingerprint density at radius 2 is 1.62 bits per heavy atom. The van der Waals surface area contributed by atoms with Crippen LogP contribution in [-0.2, 0) is 0 Å². The Hall–Kier alpha value is -2.78. The number of aromatic amines is 1. The standard InChI is InChI=1S/C28H39N7O2/c1-37-23-12-13-25-20(18-23)19-24(28(36)29-25)26(27-30-31-32-35(27)22-10-6-3-7-11-22)34-16-14-33(15-17-34)21-8-4-2-5-9-21/h12-13,18-19,21-22,26H,2-11,14-17H2,1H3,(H,29,36)/t26-/m1/s1. The Bertz CT molecular complexity index is 1250. The monoisotopic (exact) mass is 505 g/mol. The van der Waals surface area contributed by atoms with Crippen LogP contribution in [-0.4, -0.2) is 74.3 Å². The zero-order valence-electron chi connectivity index (χ0n) is 21.9. The second-order valence-corrected chi connectivity index (χ2v) is 11.0. The van der Waals surface area contributed by atoms with Crippen molar-refractivity contribution in [2.75, 3.05) is 33.3 Å². The number of aromatic nitrogens is 5. The number of benzene rings is 1. The summed E-state index contributed by atoms with van der Waals surface area (Å²) < 4.78 is 7.50. The van der Waals surface area contributed by atoms with E-state index in [1.54, 1.807) is 7.11 Å². The van der Waals surface area contributed by atoms with E-state index in [2.05, 4.69) is 30.3 Å². The maximum Gasteiger partial charge on any atom is 0.253 e. The number of methoxy groups -OCH3 is 1. The fraction of sp³-hybridized carbons (Fsp3) is 0.643. The second-order valence-electron chi connectivity index (χ2n) is 11.0. The van der Waals surface area contributed by atoms with Crippen LogP contribution >= 0.6 is 0 Å². The van der Waals surface area contributed by atoms with E-state index in [1.807, 2.05) is 28.9 Å². The molecule has 9 heteroatoms. The van der Waals surface area contributed by atoms with Gasteiger partial charge in [-0.2, -0.15) is 0 Å². The lowest BCUT2D eigenvalue weighted by atomic mass is 9.93. The van der Waals surface area contributed by atoms with Gasteiger partial charge in [0.05, 0.1) is 13.2 Å². The van der Waals surface area contributed by atoms with E-state index in [1.165, 1.54) is 51.4 Å². The largest absolute Gasteiger partial charge is 0.497 e. The first-order valence-electron chi connectivity index (χ1n) is 14.2. The van der Waals surface area contributed by atoms with Gasteiger partial charge in [0.25, 0.3) is 5.56 Å². The van der Waals surface area contributed by atoms with E-state index >= 15 is 0 Å². The molecule has 1 N–H and O–H groups in total. The molecule has 2 saturated carbocycles. The van der Waals surface area contributed by atoms with Crippen LogP contribution in [0.4, 0.5) is 0 Å². The number of piperazine rings is 1. The van der Waals surface area contributed by atoms with E-state index in [0.717, 1.165) is 61.5 Å². The second kappa shape index (κ2) is 10.9. The Kier molecular flexibility index (Phi) is 7.24. The van der Waals surface area contributed by atoms with Gasteiger partial charge in [-0.3, -0.25) is 14.6 Å². The third kappa shape index (κ3) is 5.03. The molecule has 3 heterocycles. The summed E-state index contributed by atoms with van der Waals surface area (Å²) in [4.78, 5) is 21.8. The van der Waals surface area contributed by atoms with Gasteiger partial charge in [-0.1, -0.05) is 38.5 Å². The first kappa shape index (κ1) is 24.6. The molecule has 1 atom stereocenters. The normalized spacial score (nSPS) is 21.9. The molecule has 0 radical (unpaired) electrons. The SMILES string of the molecule is COc1ccc2[nH]c(=O)c([C@H](c3nnnn3C3CCCCC3)N3CCN(C4CCCCC4)CC3)cc2c1. The molecular weight excluding hydrogens is 466 g/mol. The number of hydrogen-bond acceptors (Lipinski definition) is 7. The van der Waals surface area contributed by atoms with Gasteiger partial charge < -0.3 is 9.72 Å². The Labute approximate surface area is 218 Å². The maximum atomic E-state index is 13.6. The topological polar surface area (TPSA) is 92.2 Å². The van der Waals surface area contributed by atoms with E-state index in [-0.39, 0.29) is 11.6 Å². The molecule has 0 amide bonds. The van der Waals surface area contributed by atoms with Crippen LogP contribution in [0, 0.1) is 0 Å². The van der Waals surface area contributed by atoms with Gasteiger partial charge in [-0.05, 0) is 60.4 Å². The van der Waals surface area contributed by atoms with Crippen LogP contribution in [0.1, 0.15) is 87.7 Å². The van der Waals surface area contributed by atoms with Crippen molar-refractivity contribution in [2.24, 2.45) is 0 Å². The summed E-state index contributed by atoms with van der Waals surface area (Å²) >= 11 is 0. The number of fused-ring (bicyclic) bond motifs is 1. The van der Waals surface area contributed by atoms with Gasteiger partial charge >= 0.3 is 0 Å². The summed E-state index contributed by atoms with van der Waals surface area (Å²) in [5, 5.41) is 14.1. The highest BCUT2D eigenvalue weighted by atomic mass is 16.5. The molecule has 3 fully saturated rings. The molecule has 3 aliphatic rings. The summed E-state index contributed by atoms with van der Waals surface area (Å²) in [5.41, 5.74) is 1.44. The zero-order chi connectivity index (χ0) is 25.2. The molecule has 9 nitrogen and oxygen atoms in total. The Balaban J connectivity index is 1.37. The molecule has 198 valence electrons. The minimum atomic E-state index is -0.287. The highest BCUT2D eigenvalue weighted by Gasteiger charge is 2.35. The summed E-state index contributed by atoms with van der Waals surface area (Å²) in [6.45, 7) is 3.83. The molecule has 0 unspecified atom stereocenters. The molecule has 0 bridgehead atoms. The lowest BCUT2D eigenvalue weighted by molar-refractivity contribution is 0.0610. The molecule has 1 aliphatic heterocycles. The van der Waals surface area contributed by atoms with Crippen molar-refractivity contribution >= 4 is 10.9 Å². The van der Waals surface area contributed by atoms with E-state index in [4.69, 9.17) is 4.74 Å². The molecular formula is C28H39N7O2. The number of ether oxygens (including phenoxy) is 1. The number of H-pyrrole nitrogens is 1.